The number of benzene rings is 1. The summed E-state index contributed by atoms with van der Waals surface area (Å²) in [5, 5.41) is 5.11. The SMILES string of the molecule is COc1ccc(Cl)cc1NC(=O)CSc1ncnc2nc(N3CCCC3)sc12. The van der Waals surface area contributed by atoms with Crippen molar-refractivity contribution in [2.45, 2.75) is 17.9 Å². The molecule has 3 aromatic rings. The Bertz CT molecular complexity index is 1010. The molecule has 0 spiro atoms. The molecule has 1 amide bonds. The fourth-order valence-corrected chi connectivity index (χ4v) is 5.08. The van der Waals surface area contributed by atoms with Crippen LogP contribution in [-0.4, -0.2) is 46.8 Å². The minimum absolute atomic E-state index is 0.165. The number of fused-ring (bicyclic) bond motifs is 1. The number of carbonyl (C=O) groups excluding carboxylic acids is 1. The lowest BCUT2D eigenvalue weighted by Gasteiger charge is -2.11. The van der Waals surface area contributed by atoms with Crippen molar-refractivity contribution >= 4 is 61.8 Å². The van der Waals surface area contributed by atoms with Gasteiger partial charge in [-0.1, -0.05) is 34.7 Å². The van der Waals surface area contributed by atoms with Gasteiger partial charge in [0.1, 0.15) is 21.8 Å². The zero-order valence-electron chi connectivity index (χ0n) is 15.1. The first kappa shape index (κ1) is 19.2. The molecule has 1 N–H and O–H groups in total. The second kappa shape index (κ2) is 8.50. The largest absolute Gasteiger partial charge is 0.495 e. The van der Waals surface area contributed by atoms with Crippen LogP contribution < -0.4 is 15.0 Å². The van der Waals surface area contributed by atoms with E-state index in [1.165, 1.54) is 30.9 Å². The normalized spacial score (nSPS) is 13.9. The van der Waals surface area contributed by atoms with E-state index in [4.69, 9.17) is 16.3 Å². The van der Waals surface area contributed by atoms with E-state index in [0.717, 1.165) is 27.9 Å². The van der Waals surface area contributed by atoms with E-state index in [1.807, 2.05) is 0 Å². The number of rotatable bonds is 6. The summed E-state index contributed by atoms with van der Waals surface area (Å²) in [6.07, 6.45) is 3.88. The van der Waals surface area contributed by atoms with Crippen LogP contribution in [0.4, 0.5) is 10.8 Å². The minimum atomic E-state index is -0.165. The molecule has 0 aliphatic carbocycles. The van der Waals surface area contributed by atoms with E-state index in [0.29, 0.717) is 22.1 Å². The van der Waals surface area contributed by atoms with Gasteiger partial charge in [-0.25, -0.2) is 9.97 Å². The topological polar surface area (TPSA) is 80.2 Å². The fraction of sp³-hybridized carbons (Fsp3) is 0.333. The summed E-state index contributed by atoms with van der Waals surface area (Å²) in [7, 11) is 1.55. The summed E-state index contributed by atoms with van der Waals surface area (Å²) in [6.45, 7) is 2.05. The second-order valence-electron chi connectivity index (χ2n) is 6.20. The van der Waals surface area contributed by atoms with E-state index in [9.17, 15) is 4.79 Å². The Kier molecular flexibility index (Phi) is 5.84. The molecule has 0 radical (unpaired) electrons. The highest BCUT2D eigenvalue weighted by Gasteiger charge is 2.19. The van der Waals surface area contributed by atoms with E-state index in [-0.39, 0.29) is 11.7 Å². The van der Waals surface area contributed by atoms with Crippen molar-refractivity contribution in [1.82, 2.24) is 15.0 Å². The Labute approximate surface area is 175 Å². The molecule has 0 saturated carbocycles. The van der Waals surface area contributed by atoms with Crippen molar-refractivity contribution < 1.29 is 9.53 Å². The number of thioether (sulfide) groups is 1. The molecule has 1 saturated heterocycles. The molecule has 3 heterocycles. The molecule has 0 unspecified atom stereocenters. The minimum Gasteiger partial charge on any atom is -0.495 e. The van der Waals surface area contributed by atoms with Crippen LogP contribution in [0.25, 0.3) is 10.3 Å². The van der Waals surface area contributed by atoms with Gasteiger partial charge in [-0.05, 0) is 31.0 Å². The molecule has 4 rings (SSSR count). The number of amides is 1. The number of aromatic nitrogens is 3. The Morgan fingerprint density at radius 3 is 2.96 bits per heavy atom. The summed E-state index contributed by atoms with van der Waals surface area (Å²) < 4.78 is 6.18. The molecule has 2 aromatic heterocycles. The predicted octanol–water partition coefficient (Wildman–Crippen LogP) is 4.08. The molecule has 0 atom stereocenters. The van der Waals surface area contributed by atoms with Gasteiger partial charge in [-0.3, -0.25) is 4.79 Å². The van der Waals surface area contributed by atoms with Gasteiger partial charge < -0.3 is 15.0 Å². The highest BCUT2D eigenvalue weighted by atomic mass is 35.5. The zero-order valence-corrected chi connectivity index (χ0v) is 17.5. The number of ether oxygens (including phenoxy) is 1. The molecule has 28 heavy (non-hydrogen) atoms. The molecule has 10 heteroatoms. The summed E-state index contributed by atoms with van der Waals surface area (Å²) >= 11 is 8.96. The van der Waals surface area contributed by atoms with Crippen LogP contribution in [0.1, 0.15) is 12.8 Å². The third-order valence-electron chi connectivity index (χ3n) is 4.30. The van der Waals surface area contributed by atoms with Gasteiger partial charge in [0.05, 0.1) is 18.6 Å². The maximum absolute atomic E-state index is 12.4. The molecule has 1 aromatic carbocycles. The lowest BCUT2D eigenvalue weighted by atomic mass is 10.3. The summed E-state index contributed by atoms with van der Waals surface area (Å²) in [5.74, 6) is 0.602. The third-order valence-corrected chi connectivity index (χ3v) is 6.77. The van der Waals surface area contributed by atoms with Crippen LogP contribution in [0.2, 0.25) is 5.02 Å². The molecule has 0 bridgehead atoms. The highest BCUT2D eigenvalue weighted by Crippen LogP contribution is 2.35. The number of halogens is 1. The van der Waals surface area contributed by atoms with Gasteiger partial charge in [0.2, 0.25) is 5.91 Å². The van der Waals surface area contributed by atoms with Crippen LogP contribution in [0.15, 0.2) is 29.6 Å². The van der Waals surface area contributed by atoms with Gasteiger partial charge in [-0.15, -0.1) is 0 Å². The van der Waals surface area contributed by atoms with Crippen molar-refractivity contribution in [1.29, 1.82) is 0 Å². The first-order valence-electron chi connectivity index (χ1n) is 8.77. The molecular formula is C18H18ClN5O2S2. The lowest BCUT2D eigenvalue weighted by molar-refractivity contribution is -0.113. The Morgan fingerprint density at radius 2 is 2.18 bits per heavy atom. The monoisotopic (exact) mass is 435 g/mol. The number of anilines is 2. The molecule has 7 nitrogen and oxygen atoms in total. The molecule has 1 aliphatic heterocycles. The van der Waals surface area contributed by atoms with Crippen molar-refractivity contribution in [3.05, 3.63) is 29.5 Å². The first-order chi connectivity index (χ1) is 13.6. The van der Waals surface area contributed by atoms with E-state index >= 15 is 0 Å². The average molecular weight is 436 g/mol. The number of hydrogen-bond donors (Lipinski definition) is 1. The van der Waals surface area contributed by atoms with Crippen LogP contribution in [0.5, 0.6) is 5.75 Å². The number of hydrogen-bond acceptors (Lipinski definition) is 8. The van der Waals surface area contributed by atoms with Crippen LogP contribution in [0, 0.1) is 0 Å². The van der Waals surface area contributed by atoms with Crippen LogP contribution in [0.3, 0.4) is 0 Å². The summed E-state index contributed by atoms with van der Waals surface area (Å²) in [6, 6.07) is 5.10. The van der Waals surface area contributed by atoms with E-state index < -0.39 is 0 Å². The van der Waals surface area contributed by atoms with Crippen LogP contribution in [-0.2, 0) is 4.79 Å². The Morgan fingerprint density at radius 1 is 1.36 bits per heavy atom. The highest BCUT2D eigenvalue weighted by molar-refractivity contribution is 8.00. The fourth-order valence-electron chi connectivity index (χ4n) is 2.97. The molecule has 1 fully saturated rings. The zero-order chi connectivity index (χ0) is 19.5. The van der Waals surface area contributed by atoms with Gasteiger partial charge in [0.15, 0.2) is 10.8 Å². The Balaban J connectivity index is 1.46. The number of thiazole rings is 1. The number of nitrogens with zero attached hydrogens (tertiary/aromatic N) is 4. The second-order valence-corrected chi connectivity index (χ2v) is 8.58. The summed E-state index contributed by atoms with van der Waals surface area (Å²) in [4.78, 5) is 28.0. The third kappa shape index (κ3) is 4.16. The van der Waals surface area contributed by atoms with Crippen LogP contribution >= 0.6 is 34.7 Å². The maximum atomic E-state index is 12.4. The molecular weight excluding hydrogens is 418 g/mol. The van der Waals surface area contributed by atoms with E-state index in [1.54, 1.807) is 36.6 Å². The molecule has 146 valence electrons. The number of nitrogens with one attached hydrogen (secondary N) is 1. The predicted molar refractivity (Wildman–Crippen MR) is 114 cm³/mol. The summed E-state index contributed by atoms with van der Waals surface area (Å²) in [5.41, 5.74) is 1.23. The van der Waals surface area contributed by atoms with Crippen molar-refractivity contribution in [2.24, 2.45) is 0 Å². The van der Waals surface area contributed by atoms with Gasteiger partial charge >= 0.3 is 0 Å². The van der Waals surface area contributed by atoms with Gasteiger partial charge in [0, 0.05) is 18.1 Å². The first-order valence-corrected chi connectivity index (χ1v) is 10.9. The standard InChI is InChI=1S/C18H18ClN5O2S2/c1-26-13-5-4-11(19)8-12(13)22-14(25)9-27-17-15-16(20-10-21-17)23-18(28-15)24-6-2-3-7-24/h4-5,8,10H,2-3,6-7,9H2,1H3,(H,22,25). The Hall–Kier alpha value is -2.10. The number of methoxy groups -OCH3 is 1. The van der Waals surface area contributed by atoms with Crippen molar-refractivity contribution in [2.75, 3.05) is 36.2 Å². The van der Waals surface area contributed by atoms with Gasteiger partial charge in [0.25, 0.3) is 0 Å². The quantitative estimate of drug-likeness (QED) is 0.461. The average Bonchev–Trinajstić information content (AvgIpc) is 3.36. The molecule has 1 aliphatic rings. The van der Waals surface area contributed by atoms with Crippen molar-refractivity contribution in [3.63, 3.8) is 0 Å². The lowest BCUT2D eigenvalue weighted by Crippen LogP contribution is -2.16. The smallest absolute Gasteiger partial charge is 0.234 e. The van der Waals surface area contributed by atoms with Crippen molar-refractivity contribution in [3.8, 4) is 5.75 Å². The van der Waals surface area contributed by atoms with E-state index in [2.05, 4.69) is 25.2 Å². The maximum Gasteiger partial charge on any atom is 0.234 e. The number of carbonyl (C=O) groups is 1. The van der Waals surface area contributed by atoms with Gasteiger partial charge in [-0.2, -0.15) is 4.98 Å².